The minimum atomic E-state index is -0.526. The molecule has 0 spiro atoms. The molecule has 1 heterocycles. The van der Waals surface area contributed by atoms with Crippen LogP contribution in [0.1, 0.15) is 25.8 Å². The van der Waals surface area contributed by atoms with Crippen molar-refractivity contribution in [2.45, 2.75) is 26.2 Å². The summed E-state index contributed by atoms with van der Waals surface area (Å²) in [5.41, 5.74) is 5.06. The van der Waals surface area contributed by atoms with Crippen molar-refractivity contribution in [2.24, 2.45) is 5.73 Å². The molecular weight excluding hydrogens is 200 g/mol. The van der Waals surface area contributed by atoms with Gasteiger partial charge in [-0.15, -0.1) is 10.2 Å². The van der Waals surface area contributed by atoms with Gasteiger partial charge in [0.1, 0.15) is 5.01 Å². The van der Waals surface area contributed by atoms with Crippen LogP contribution in [0.5, 0.6) is 0 Å². The molecule has 0 radical (unpaired) electrons. The molecule has 0 bridgehead atoms. The molecule has 0 aliphatic heterocycles. The molecule has 2 N–H and O–H groups in total. The molecule has 0 aromatic carbocycles. The summed E-state index contributed by atoms with van der Waals surface area (Å²) in [7, 11) is 1.58. The number of anilines is 1. The Hall–Kier alpha value is -1.17. The smallest absolute Gasteiger partial charge is 0.320 e. The van der Waals surface area contributed by atoms with E-state index in [1.165, 1.54) is 16.2 Å². The number of hydrogen-bond acceptors (Lipinski definition) is 4. The third kappa shape index (κ3) is 2.20. The fourth-order valence-electron chi connectivity index (χ4n) is 0.748. The monoisotopic (exact) mass is 214 g/mol. The molecule has 78 valence electrons. The molecule has 1 aromatic rings. The zero-order valence-corrected chi connectivity index (χ0v) is 9.55. The third-order valence-electron chi connectivity index (χ3n) is 1.67. The topological polar surface area (TPSA) is 72.1 Å². The van der Waals surface area contributed by atoms with E-state index in [4.69, 9.17) is 5.73 Å². The van der Waals surface area contributed by atoms with Gasteiger partial charge in [-0.25, -0.2) is 4.79 Å². The van der Waals surface area contributed by atoms with E-state index in [1.54, 1.807) is 7.05 Å². The first-order chi connectivity index (χ1) is 6.32. The third-order valence-corrected chi connectivity index (χ3v) is 3.10. The van der Waals surface area contributed by atoms with Crippen LogP contribution in [-0.2, 0) is 5.41 Å². The second kappa shape index (κ2) is 3.53. The number of rotatable bonds is 1. The maximum atomic E-state index is 10.8. The van der Waals surface area contributed by atoms with Crippen molar-refractivity contribution in [2.75, 3.05) is 11.9 Å². The van der Waals surface area contributed by atoms with Crippen LogP contribution in [0, 0.1) is 0 Å². The molecule has 6 heteroatoms. The van der Waals surface area contributed by atoms with Crippen LogP contribution in [0.25, 0.3) is 0 Å². The second-order valence-electron chi connectivity index (χ2n) is 4.04. The molecule has 0 fully saturated rings. The Morgan fingerprint density at radius 2 is 2.00 bits per heavy atom. The van der Waals surface area contributed by atoms with E-state index in [9.17, 15) is 4.79 Å². The van der Waals surface area contributed by atoms with Crippen molar-refractivity contribution < 1.29 is 4.79 Å². The highest BCUT2D eigenvalue weighted by Gasteiger charge is 2.21. The van der Waals surface area contributed by atoms with Crippen molar-refractivity contribution in [3.05, 3.63) is 5.01 Å². The predicted molar refractivity (Wildman–Crippen MR) is 56.6 cm³/mol. The average molecular weight is 214 g/mol. The first kappa shape index (κ1) is 10.9. The van der Waals surface area contributed by atoms with E-state index < -0.39 is 6.03 Å². The van der Waals surface area contributed by atoms with Gasteiger partial charge in [0.2, 0.25) is 5.13 Å². The van der Waals surface area contributed by atoms with Gasteiger partial charge in [-0.05, 0) is 0 Å². The van der Waals surface area contributed by atoms with Crippen LogP contribution < -0.4 is 10.6 Å². The summed E-state index contributed by atoms with van der Waals surface area (Å²) in [6, 6.07) is -0.526. The Morgan fingerprint density at radius 3 is 2.36 bits per heavy atom. The average Bonchev–Trinajstić information content (AvgIpc) is 2.49. The van der Waals surface area contributed by atoms with Gasteiger partial charge >= 0.3 is 6.03 Å². The number of carbonyl (C=O) groups is 1. The van der Waals surface area contributed by atoms with Gasteiger partial charge in [0.15, 0.2) is 0 Å². The van der Waals surface area contributed by atoms with Crippen LogP contribution in [-0.4, -0.2) is 23.3 Å². The summed E-state index contributed by atoms with van der Waals surface area (Å²) in [4.78, 5) is 12.1. The van der Waals surface area contributed by atoms with E-state index in [2.05, 4.69) is 10.2 Å². The zero-order valence-electron chi connectivity index (χ0n) is 8.74. The van der Waals surface area contributed by atoms with E-state index in [0.29, 0.717) is 5.13 Å². The molecule has 0 unspecified atom stereocenters. The maximum Gasteiger partial charge on any atom is 0.320 e. The fraction of sp³-hybridized carbons (Fsp3) is 0.625. The minimum Gasteiger partial charge on any atom is -0.351 e. The summed E-state index contributed by atoms with van der Waals surface area (Å²) < 4.78 is 0. The highest BCUT2D eigenvalue weighted by Crippen LogP contribution is 2.28. The van der Waals surface area contributed by atoms with Gasteiger partial charge in [0, 0.05) is 12.5 Å². The van der Waals surface area contributed by atoms with Crippen molar-refractivity contribution in [1.82, 2.24) is 10.2 Å². The molecule has 14 heavy (non-hydrogen) atoms. The number of urea groups is 1. The van der Waals surface area contributed by atoms with Gasteiger partial charge in [-0.2, -0.15) is 0 Å². The lowest BCUT2D eigenvalue weighted by Crippen LogP contribution is -2.31. The Morgan fingerprint density at radius 1 is 1.43 bits per heavy atom. The van der Waals surface area contributed by atoms with Gasteiger partial charge in [-0.1, -0.05) is 32.1 Å². The Labute approximate surface area is 86.9 Å². The molecule has 2 amide bonds. The van der Waals surface area contributed by atoms with Gasteiger partial charge in [0.25, 0.3) is 0 Å². The van der Waals surface area contributed by atoms with Crippen LogP contribution >= 0.6 is 11.3 Å². The number of nitrogens with two attached hydrogens (primary N) is 1. The molecule has 1 rings (SSSR count). The normalized spacial score (nSPS) is 11.4. The Bertz CT molecular complexity index is 341. The van der Waals surface area contributed by atoms with Gasteiger partial charge in [0.05, 0.1) is 0 Å². The summed E-state index contributed by atoms with van der Waals surface area (Å²) in [6.07, 6.45) is 0. The van der Waals surface area contributed by atoms with Crippen molar-refractivity contribution >= 4 is 22.5 Å². The standard InChI is InChI=1S/C8H14N4OS/c1-8(2,3)5-10-11-7(14-5)12(4)6(9)13/h1-4H3,(H2,9,13). The number of aromatic nitrogens is 2. The van der Waals surface area contributed by atoms with Crippen LogP contribution in [0.3, 0.4) is 0 Å². The van der Waals surface area contributed by atoms with E-state index in [-0.39, 0.29) is 5.41 Å². The van der Waals surface area contributed by atoms with Gasteiger partial charge < -0.3 is 5.73 Å². The van der Waals surface area contributed by atoms with E-state index in [0.717, 1.165) is 5.01 Å². The van der Waals surface area contributed by atoms with Crippen LogP contribution in [0.15, 0.2) is 0 Å². The predicted octanol–water partition coefficient (Wildman–Crippen LogP) is 1.35. The lowest BCUT2D eigenvalue weighted by atomic mass is 9.98. The van der Waals surface area contributed by atoms with Crippen molar-refractivity contribution in [3.63, 3.8) is 0 Å². The number of primary amides is 1. The summed E-state index contributed by atoms with van der Waals surface area (Å²) >= 11 is 1.38. The molecule has 1 aromatic heterocycles. The SMILES string of the molecule is CN(C(N)=O)c1nnc(C(C)(C)C)s1. The van der Waals surface area contributed by atoms with Gasteiger partial charge in [-0.3, -0.25) is 4.90 Å². The van der Waals surface area contributed by atoms with Crippen molar-refractivity contribution in [1.29, 1.82) is 0 Å². The van der Waals surface area contributed by atoms with E-state index >= 15 is 0 Å². The fourth-order valence-corrected chi connectivity index (χ4v) is 1.62. The van der Waals surface area contributed by atoms with Crippen LogP contribution in [0.4, 0.5) is 9.93 Å². The maximum absolute atomic E-state index is 10.8. The molecule has 0 saturated carbocycles. The first-order valence-electron chi connectivity index (χ1n) is 4.19. The van der Waals surface area contributed by atoms with Crippen LogP contribution in [0.2, 0.25) is 0 Å². The highest BCUT2D eigenvalue weighted by atomic mass is 32.1. The second-order valence-corrected chi connectivity index (χ2v) is 4.99. The molecule has 0 aliphatic carbocycles. The first-order valence-corrected chi connectivity index (χ1v) is 5.01. The quantitative estimate of drug-likeness (QED) is 0.767. The number of amides is 2. The van der Waals surface area contributed by atoms with Crippen molar-refractivity contribution in [3.8, 4) is 0 Å². The molecular formula is C8H14N4OS. The Kier molecular flexibility index (Phi) is 2.75. The molecule has 5 nitrogen and oxygen atoms in total. The summed E-state index contributed by atoms with van der Waals surface area (Å²) in [5, 5.41) is 9.33. The lowest BCUT2D eigenvalue weighted by molar-refractivity contribution is 0.255. The number of hydrogen-bond donors (Lipinski definition) is 1. The van der Waals surface area contributed by atoms with E-state index in [1.807, 2.05) is 20.8 Å². The number of nitrogens with zero attached hydrogens (tertiary/aromatic N) is 3. The zero-order chi connectivity index (χ0) is 10.9. The molecule has 0 saturated heterocycles. The number of carbonyl (C=O) groups excluding carboxylic acids is 1. The minimum absolute atomic E-state index is 0.0472. The lowest BCUT2D eigenvalue weighted by Gasteiger charge is -2.12. The summed E-state index contributed by atoms with van der Waals surface area (Å²) in [6.45, 7) is 6.13. The molecule has 0 aliphatic rings. The summed E-state index contributed by atoms with van der Waals surface area (Å²) in [5.74, 6) is 0. The largest absolute Gasteiger partial charge is 0.351 e. The molecule has 0 atom stereocenters. The Balaban J connectivity index is 2.94. The highest BCUT2D eigenvalue weighted by molar-refractivity contribution is 7.15.